The number of nitrogens with one attached hydrogen (secondary N) is 2. The molecule has 18 heavy (non-hydrogen) atoms. The van der Waals surface area contributed by atoms with Gasteiger partial charge in [-0.3, -0.25) is 4.79 Å². The molecule has 0 aliphatic carbocycles. The number of aromatic nitrogens is 2. The minimum Gasteiger partial charge on any atom is -0.484 e. The van der Waals surface area contributed by atoms with Crippen molar-refractivity contribution in [2.45, 2.75) is 13.5 Å². The van der Waals surface area contributed by atoms with Crippen molar-refractivity contribution in [1.82, 2.24) is 15.3 Å². The standard InChI is InChI=1S/C13H15N3O2/c1-10-2-4-11(5-3-10)18-9-13(17)16-8-12-14-6-7-15-12/h2-7H,8-9H2,1H3,(H,14,15)(H,16,17). The fourth-order valence-electron chi connectivity index (χ4n) is 1.41. The molecule has 0 aliphatic rings. The van der Waals surface area contributed by atoms with Crippen LogP contribution in [0.5, 0.6) is 5.75 Å². The van der Waals surface area contributed by atoms with Gasteiger partial charge in [0.15, 0.2) is 6.61 Å². The van der Waals surface area contributed by atoms with Gasteiger partial charge in [-0.2, -0.15) is 0 Å². The first-order chi connectivity index (χ1) is 8.74. The molecule has 1 amide bonds. The molecule has 0 saturated carbocycles. The normalized spacial score (nSPS) is 10.1. The summed E-state index contributed by atoms with van der Waals surface area (Å²) in [4.78, 5) is 18.4. The summed E-state index contributed by atoms with van der Waals surface area (Å²) in [6.07, 6.45) is 3.36. The SMILES string of the molecule is Cc1ccc(OCC(=O)NCc2ncc[nH]2)cc1. The van der Waals surface area contributed by atoms with E-state index in [1.807, 2.05) is 31.2 Å². The number of hydrogen-bond acceptors (Lipinski definition) is 3. The van der Waals surface area contributed by atoms with Gasteiger partial charge in [0.1, 0.15) is 11.6 Å². The van der Waals surface area contributed by atoms with E-state index >= 15 is 0 Å². The fourth-order valence-corrected chi connectivity index (χ4v) is 1.41. The number of hydrogen-bond donors (Lipinski definition) is 2. The van der Waals surface area contributed by atoms with Crippen molar-refractivity contribution in [3.8, 4) is 5.75 Å². The molecule has 0 unspecified atom stereocenters. The van der Waals surface area contributed by atoms with E-state index in [0.29, 0.717) is 12.3 Å². The van der Waals surface area contributed by atoms with Crippen molar-refractivity contribution in [2.24, 2.45) is 0 Å². The number of aryl methyl sites for hydroxylation is 1. The summed E-state index contributed by atoms with van der Waals surface area (Å²) in [5, 5.41) is 2.71. The summed E-state index contributed by atoms with van der Waals surface area (Å²) < 4.78 is 5.35. The second kappa shape index (κ2) is 5.86. The third-order valence-electron chi connectivity index (χ3n) is 2.40. The zero-order valence-electron chi connectivity index (χ0n) is 10.1. The number of ether oxygens (including phenoxy) is 1. The molecule has 0 saturated heterocycles. The van der Waals surface area contributed by atoms with Gasteiger partial charge in [0, 0.05) is 12.4 Å². The maximum atomic E-state index is 11.5. The Hall–Kier alpha value is -2.30. The number of nitrogens with zero attached hydrogens (tertiary/aromatic N) is 1. The molecule has 0 atom stereocenters. The van der Waals surface area contributed by atoms with Gasteiger partial charge in [-0.25, -0.2) is 4.98 Å². The lowest BCUT2D eigenvalue weighted by molar-refractivity contribution is -0.123. The number of carbonyl (C=O) groups excluding carboxylic acids is 1. The highest BCUT2D eigenvalue weighted by molar-refractivity contribution is 5.77. The Morgan fingerprint density at radius 3 is 2.83 bits per heavy atom. The molecule has 2 rings (SSSR count). The second-order valence-corrected chi connectivity index (χ2v) is 3.91. The molecule has 0 spiro atoms. The summed E-state index contributed by atoms with van der Waals surface area (Å²) >= 11 is 0. The van der Waals surface area contributed by atoms with E-state index in [0.717, 1.165) is 11.4 Å². The van der Waals surface area contributed by atoms with Gasteiger partial charge in [0.25, 0.3) is 5.91 Å². The molecule has 0 radical (unpaired) electrons. The van der Waals surface area contributed by atoms with Crippen LogP contribution >= 0.6 is 0 Å². The number of benzene rings is 1. The Morgan fingerprint density at radius 2 is 2.17 bits per heavy atom. The molecule has 0 fully saturated rings. The Balaban J connectivity index is 1.73. The molecule has 1 heterocycles. The van der Waals surface area contributed by atoms with E-state index in [1.165, 1.54) is 0 Å². The lowest BCUT2D eigenvalue weighted by Gasteiger charge is -2.06. The number of imidazole rings is 1. The van der Waals surface area contributed by atoms with E-state index < -0.39 is 0 Å². The van der Waals surface area contributed by atoms with Crippen LogP contribution in [-0.4, -0.2) is 22.5 Å². The number of aromatic amines is 1. The van der Waals surface area contributed by atoms with Gasteiger partial charge in [0.2, 0.25) is 0 Å². The lowest BCUT2D eigenvalue weighted by atomic mass is 10.2. The largest absolute Gasteiger partial charge is 0.484 e. The average molecular weight is 245 g/mol. The Morgan fingerprint density at radius 1 is 1.39 bits per heavy atom. The third kappa shape index (κ3) is 3.62. The molecule has 2 N–H and O–H groups in total. The van der Waals surface area contributed by atoms with E-state index in [4.69, 9.17) is 4.74 Å². The monoisotopic (exact) mass is 245 g/mol. The lowest BCUT2D eigenvalue weighted by Crippen LogP contribution is -2.28. The highest BCUT2D eigenvalue weighted by atomic mass is 16.5. The van der Waals surface area contributed by atoms with Gasteiger partial charge >= 0.3 is 0 Å². The zero-order chi connectivity index (χ0) is 12.8. The quantitative estimate of drug-likeness (QED) is 0.837. The predicted molar refractivity (Wildman–Crippen MR) is 67.1 cm³/mol. The maximum absolute atomic E-state index is 11.5. The van der Waals surface area contributed by atoms with Gasteiger partial charge < -0.3 is 15.0 Å². The second-order valence-electron chi connectivity index (χ2n) is 3.91. The van der Waals surface area contributed by atoms with Crippen LogP contribution in [0.3, 0.4) is 0 Å². The maximum Gasteiger partial charge on any atom is 0.258 e. The van der Waals surface area contributed by atoms with Crippen LogP contribution in [0, 0.1) is 6.92 Å². The molecule has 94 valence electrons. The van der Waals surface area contributed by atoms with Gasteiger partial charge in [-0.1, -0.05) is 17.7 Å². The smallest absolute Gasteiger partial charge is 0.258 e. The van der Waals surface area contributed by atoms with E-state index in [2.05, 4.69) is 15.3 Å². The average Bonchev–Trinajstić information content (AvgIpc) is 2.89. The zero-order valence-corrected chi connectivity index (χ0v) is 10.1. The van der Waals surface area contributed by atoms with E-state index in [9.17, 15) is 4.79 Å². The van der Waals surface area contributed by atoms with E-state index in [1.54, 1.807) is 12.4 Å². The summed E-state index contributed by atoms with van der Waals surface area (Å²) in [6.45, 7) is 2.38. The van der Waals surface area contributed by atoms with Gasteiger partial charge in [0.05, 0.1) is 6.54 Å². The number of amides is 1. The Bertz CT molecular complexity index is 491. The van der Waals surface area contributed by atoms with Crippen molar-refractivity contribution in [3.63, 3.8) is 0 Å². The summed E-state index contributed by atoms with van der Waals surface area (Å²) in [6, 6.07) is 7.57. The number of rotatable bonds is 5. The summed E-state index contributed by atoms with van der Waals surface area (Å²) in [7, 11) is 0. The van der Waals surface area contributed by atoms with Crippen molar-refractivity contribution in [2.75, 3.05) is 6.61 Å². The summed E-state index contributed by atoms with van der Waals surface area (Å²) in [5.41, 5.74) is 1.16. The molecule has 0 bridgehead atoms. The molecule has 2 aromatic rings. The third-order valence-corrected chi connectivity index (χ3v) is 2.40. The van der Waals surface area contributed by atoms with Crippen molar-refractivity contribution < 1.29 is 9.53 Å². The van der Waals surface area contributed by atoms with Gasteiger partial charge in [-0.05, 0) is 19.1 Å². The molecule has 5 heteroatoms. The number of carbonyl (C=O) groups is 1. The van der Waals surface area contributed by atoms with Crippen LogP contribution in [0.1, 0.15) is 11.4 Å². The van der Waals surface area contributed by atoms with Crippen molar-refractivity contribution in [1.29, 1.82) is 0 Å². The predicted octanol–water partition coefficient (Wildman–Crippen LogP) is 1.41. The van der Waals surface area contributed by atoms with Crippen LogP contribution in [0.2, 0.25) is 0 Å². The first kappa shape index (κ1) is 12.2. The minimum absolute atomic E-state index is 0.00374. The van der Waals surface area contributed by atoms with Crippen LogP contribution in [-0.2, 0) is 11.3 Å². The minimum atomic E-state index is -0.174. The molecule has 1 aromatic carbocycles. The Kier molecular flexibility index (Phi) is 3.96. The highest BCUT2D eigenvalue weighted by Gasteiger charge is 2.03. The topological polar surface area (TPSA) is 67.0 Å². The highest BCUT2D eigenvalue weighted by Crippen LogP contribution is 2.10. The Labute approximate surface area is 105 Å². The summed E-state index contributed by atoms with van der Waals surface area (Å²) in [5.74, 6) is 1.24. The van der Waals surface area contributed by atoms with Crippen LogP contribution in [0.25, 0.3) is 0 Å². The van der Waals surface area contributed by atoms with Crippen molar-refractivity contribution >= 4 is 5.91 Å². The van der Waals surface area contributed by atoms with Crippen LogP contribution in [0.15, 0.2) is 36.7 Å². The molecular formula is C13H15N3O2. The van der Waals surface area contributed by atoms with Crippen molar-refractivity contribution in [3.05, 3.63) is 48.0 Å². The molecule has 0 aliphatic heterocycles. The molecule has 5 nitrogen and oxygen atoms in total. The van der Waals surface area contributed by atoms with Gasteiger partial charge in [-0.15, -0.1) is 0 Å². The van der Waals surface area contributed by atoms with Crippen LogP contribution < -0.4 is 10.1 Å². The van der Waals surface area contributed by atoms with Crippen LogP contribution in [0.4, 0.5) is 0 Å². The first-order valence-corrected chi connectivity index (χ1v) is 5.68. The molecular weight excluding hydrogens is 230 g/mol. The number of H-pyrrole nitrogens is 1. The molecule has 1 aromatic heterocycles. The fraction of sp³-hybridized carbons (Fsp3) is 0.231. The first-order valence-electron chi connectivity index (χ1n) is 5.68. The van der Waals surface area contributed by atoms with E-state index in [-0.39, 0.29) is 12.5 Å².